The first-order valence-corrected chi connectivity index (χ1v) is 8.17. The Morgan fingerprint density at radius 3 is 2.43 bits per heavy atom. The molecule has 1 amide bonds. The molecule has 3 heteroatoms. The Balaban J connectivity index is 2.01. The molecule has 0 aromatic heterocycles. The summed E-state index contributed by atoms with van der Waals surface area (Å²) in [6.07, 6.45) is 3.61. The maximum atomic E-state index is 12.2. The molecule has 1 fully saturated rings. The molecular formula is C18H27NO2. The van der Waals surface area contributed by atoms with Gasteiger partial charge in [0.25, 0.3) is 0 Å². The SMILES string of the molecule is CC[C@H](NC(=O)[C@@H]1CCCO1)c1ccc([C@@H](C)CC)cc1. The first kappa shape index (κ1) is 16.0. The Hall–Kier alpha value is -1.35. The summed E-state index contributed by atoms with van der Waals surface area (Å²) in [7, 11) is 0. The lowest BCUT2D eigenvalue weighted by atomic mass is 9.95. The molecule has 2 rings (SSSR count). The topological polar surface area (TPSA) is 38.3 Å². The number of amides is 1. The number of nitrogens with one attached hydrogen (secondary N) is 1. The highest BCUT2D eigenvalue weighted by Crippen LogP contribution is 2.23. The van der Waals surface area contributed by atoms with Gasteiger partial charge in [-0.1, -0.05) is 45.0 Å². The molecule has 116 valence electrons. The highest BCUT2D eigenvalue weighted by molar-refractivity contribution is 5.81. The number of hydrogen-bond donors (Lipinski definition) is 1. The van der Waals surface area contributed by atoms with E-state index >= 15 is 0 Å². The van der Waals surface area contributed by atoms with E-state index in [-0.39, 0.29) is 18.1 Å². The Bertz CT molecular complexity index is 449. The van der Waals surface area contributed by atoms with E-state index in [4.69, 9.17) is 4.74 Å². The number of carbonyl (C=O) groups is 1. The van der Waals surface area contributed by atoms with E-state index in [1.54, 1.807) is 0 Å². The van der Waals surface area contributed by atoms with Gasteiger partial charge in [0.1, 0.15) is 6.10 Å². The molecule has 3 atom stereocenters. The summed E-state index contributed by atoms with van der Waals surface area (Å²) in [5.41, 5.74) is 2.54. The van der Waals surface area contributed by atoms with Crippen LogP contribution in [0.3, 0.4) is 0 Å². The van der Waals surface area contributed by atoms with Crippen LogP contribution in [-0.2, 0) is 9.53 Å². The summed E-state index contributed by atoms with van der Waals surface area (Å²) in [6.45, 7) is 7.25. The van der Waals surface area contributed by atoms with Crippen molar-refractivity contribution in [1.82, 2.24) is 5.32 Å². The maximum absolute atomic E-state index is 12.2. The van der Waals surface area contributed by atoms with Gasteiger partial charge >= 0.3 is 0 Å². The second-order valence-electron chi connectivity index (χ2n) is 5.95. The van der Waals surface area contributed by atoms with Crippen molar-refractivity contribution in [2.75, 3.05) is 6.61 Å². The zero-order valence-corrected chi connectivity index (χ0v) is 13.4. The molecule has 0 unspecified atom stereocenters. The van der Waals surface area contributed by atoms with Crippen molar-refractivity contribution >= 4 is 5.91 Å². The van der Waals surface area contributed by atoms with E-state index < -0.39 is 0 Å². The van der Waals surface area contributed by atoms with Crippen LogP contribution in [0.15, 0.2) is 24.3 Å². The predicted octanol–water partition coefficient (Wildman–Crippen LogP) is 3.95. The quantitative estimate of drug-likeness (QED) is 0.861. The van der Waals surface area contributed by atoms with Gasteiger partial charge < -0.3 is 10.1 Å². The number of carbonyl (C=O) groups excluding carboxylic acids is 1. The van der Waals surface area contributed by atoms with Crippen LogP contribution >= 0.6 is 0 Å². The third-order valence-corrected chi connectivity index (χ3v) is 4.47. The molecule has 1 N–H and O–H groups in total. The second-order valence-corrected chi connectivity index (χ2v) is 5.95. The molecule has 0 saturated carbocycles. The van der Waals surface area contributed by atoms with E-state index in [1.807, 2.05) is 0 Å². The molecular weight excluding hydrogens is 262 g/mol. The minimum absolute atomic E-state index is 0.0327. The third-order valence-electron chi connectivity index (χ3n) is 4.47. The fraction of sp³-hybridized carbons (Fsp3) is 0.611. The summed E-state index contributed by atoms with van der Waals surface area (Å²) in [5.74, 6) is 0.617. The fourth-order valence-corrected chi connectivity index (χ4v) is 2.76. The lowest BCUT2D eigenvalue weighted by Crippen LogP contribution is -2.36. The zero-order valence-electron chi connectivity index (χ0n) is 13.4. The number of rotatable bonds is 6. The Labute approximate surface area is 128 Å². The van der Waals surface area contributed by atoms with Gasteiger partial charge in [-0.3, -0.25) is 4.79 Å². The maximum Gasteiger partial charge on any atom is 0.249 e. The van der Waals surface area contributed by atoms with E-state index in [9.17, 15) is 4.79 Å². The van der Waals surface area contributed by atoms with Crippen LogP contribution in [0, 0.1) is 0 Å². The molecule has 1 aliphatic rings. The van der Waals surface area contributed by atoms with Gasteiger partial charge in [0.15, 0.2) is 0 Å². The zero-order chi connectivity index (χ0) is 15.2. The van der Waals surface area contributed by atoms with Gasteiger partial charge in [-0.05, 0) is 42.7 Å². The van der Waals surface area contributed by atoms with Gasteiger partial charge in [0.05, 0.1) is 6.04 Å². The minimum atomic E-state index is -0.251. The van der Waals surface area contributed by atoms with Crippen LogP contribution in [0.1, 0.15) is 69.5 Å². The Morgan fingerprint density at radius 1 is 1.24 bits per heavy atom. The number of benzene rings is 1. The summed E-state index contributed by atoms with van der Waals surface area (Å²) >= 11 is 0. The predicted molar refractivity (Wildman–Crippen MR) is 85.3 cm³/mol. The monoisotopic (exact) mass is 289 g/mol. The standard InChI is InChI=1S/C18H27NO2/c1-4-13(3)14-8-10-15(11-9-14)16(5-2)19-18(20)17-7-6-12-21-17/h8-11,13,16-17H,4-7,12H2,1-3H3,(H,19,20)/t13-,16-,17-/m0/s1. The third kappa shape index (κ3) is 4.07. The average molecular weight is 289 g/mol. The fourth-order valence-electron chi connectivity index (χ4n) is 2.76. The highest BCUT2D eigenvalue weighted by atomic mass is 16.5. The van der Waals surface area contributed by atoms with Crippen LogP contribution in [0.4, 0.5) is 0 Å². The van der Waals surface area contributed by atoms with Gasteiger partial charge in [-0.15, -0.1) is 0 Å². The van der Waals surface area contributed by atoms with Crippen molar-refractivity contribution in [3.05, 3.63) is 35.4 Å². The first-order chi connectivity index (χ1) is 10.2. The molecule has 0 spiro atoms. The van der Waals surface area contributed by atoms with Gasteiger partial charge in [-0.2, -0.15) is 0 Å². The van der Waals surface area contributed by atoms with Crippen molar-refractivity contribution in [1.29, 1.82) is 0 Å². The van der Waals surface area contributed by atoms with Crippen LogP contribution in [-0.4, -0.2) is 18.6 Å². The Morgan fingerprint density at radius 2 is 1.90 bits per heavy atom. The molecule has 1 aromatic rings. The summed E-state index contributed by atoms with van der Waals surface area (Å²) in [5, 5.41) is 3.12. The summed E-state index contributed by atoms with van der Waals surface area (Å²) in [4.78, 5) is 12.2. The van der Waals surface area contributed by atoms with E-state index in [2.05, 4.69) is 50.4 Å². The van der Waals surface area contributed by atoms with Gasteiger partial charge in [-0.25, -0.2) is 0 Å². The van der Waals surface area contributed by atoms with Gasteiger partial charge in [0, 0.05) is 6.61 Å². The van der Waals surface area contributed by atoms with Crippen molar-refractivity contribution in [2.24, 2.45) is 0 Å². The summed E-state index contributed by atoms with van der Waals surface area (Å²) in [6, 6.07) is 8.73. The molecule has 0 bridgehead atoms. The van der Waals surface area contributed by atoms with Crippen LogP contribution in [0.5, 0.6) is 0 Å². The second kappa shape index (κ2) is 7.60. The van der Waals surface area contributed by atoms with Crippen molar-refractivity contribution < 1.29 is 9.53 Å². The molecule has 0 radical (unpaired) electrons. The molecule has 21 heavy (non-hydrogen) atoms. The number of ether oxygens (including phenoxy) is 1. The lowest BCUT2D eigenvalue weighted by Gasteiger charge is -2.20. The van der Waals surface area contributed by atoms with Crippen molar-refractivity contribution in [3.63, 3.8) is 0 Å². The molecule has 1 aromatic carbocycles. The average Bonchev–Trinajstić information content (AvgIpc) is 3.06. The van der Waals surface area contributed by atoms with E-state index in [1.165, 1.54) is 11.1 Å². The lowest BCUT2D eigenvalue weighted by molar-refractivity contribution is -0.130. The smallest absolute Gasteiger partial charge is 0.249 e. The molecule has 3 nitrogen and oxygen atoms in total. The summed E-state index contributed by atoms with van der Waals surface area (Å²) < 4.78 is 5.45. The van der Waals surface area contributed by atoms with Gasteiger partial charge in [0.2, 0.25) is 5.91 Å². The largest absolute Gasteiger partial charge is 0.368 e. The normalized spacial score (nSPS) is 21.0. The van der Waals surface area contributed by atoms with Crippen molar-refractivity contribution in [2.45, 2.75) is 64.5 Å². The number of hydrogen-bond acceptors (Lipinski definition) is 2. The molecule has 0 aliphatic carbocycles. The van der Waals surface area contributed by atoms with E-state index in [0.717, 1.165) is 25.7 Å². The minimum Gasteiger partial charge on any atom is -0.368 e. The van der Waals surface area contributed by atoms with Crippen molar-refractivity contribution in [3.8, 4) is 0 Å². The van der Waals surface area contributed by atoms with E-state index in [0.29, 0.717) is 12.5 Å². The molecule has 1 heterocycles. The molecule has 1 saturated heterocycles. The molecule has 1 aliphatic heterocycles. The first-order valence-electron chi connectivity index (χ1n) is 8.17. The highest BCUT2D eigenvalue weighted by Gasteiger charge is 2.25. The van der Waals surface area contributed by atoms with Crippen LogP contribution in [0.25, 0.3) is 0 Å². The van der Waals surface area contributed by atoms with Crippen LogP contribution < -0.4 is 5.32 Å². The van der Waals surface area contributed by atoms with Crippen LogP contribution in [0.2, 0.25) is 0 Å². The Kier molecular flexibility index (Phi) is 5.80.